The standard InChI is InChI=1S/C16H17NO3S/c1-4-20-16(19)14-13(9-21-15(14)17-11(3)18)12-7-5-10(2)6-8-12/h5-9H,4H2,1-3H3,(H,17,18). The summed E-state index contributed by atoms with van der Waals surface area (Å²) < 4.78 is 5.11. The zero-order valence-corrected chi connectivity index (χ0v) is 13.0. The van der Waals surface area contributed by atoms with Crippen LogP contribution in [-0.2, 0) is 9.53 Å². The van der Waals surface area contributed by atoms with E-state index in [-0.39, 0.29) is 5.91 Å². The van der Waals surface area contributed by atoms with Crippen LogP contribution < -0.4 is 5.32 Å². The molecule has 0 unspecified atom stereocenters. The fraction of sp³-hybridized carbons (Fsp3) is 0.250. The van der Waals surface area contributed by atoms with Crippen LogP contribution in [0.5, 0.6) is 0 Å². The van der Waals surface area contributed by atoms with Gasteiger partial charge in [-0.25, -0.2) is 4.79 Å². The quantitative estimate of drug-likeness (QED) is 0.873. The summed E-state index contributed by atoms with van der Waals surface area (Å²) >= 11 is 1.32. The molecule has 21 heavy (non-hydrogen) atoms. The van der Waals surface area contributed by atoms with Crippen LogP contribution in [0.25, 0.3) is 11.1 Å². The monoisotopic (exact) mass is 303 g/mol. The van der Waals surface area contributed by atoms with Crippen molar-refractivity contribution in [1.29, 1.82) is 0 Å². The van der Waals surface area contributed by atoms with Crippen molar-refractivity contribution in [2.75, 3.05) is 11.9 Å². The van der Waals surface area contributed by atoms with Crippen molar-refractivity contribution in [3.8, 4) is 11.1 Å². The fourth-order valence-corrected chi connectivity index (χ4v) is 2.96. The van der Waals surface area contributed by atoms with E-state index >= 15 is 0 Å². The first-order valence-electron chi connectivity index (χ1n) is 6.66. The molecule has 1 amide bonds. The molecule has 0 atom stereocenters. The molecule has 1 heterocycles. The maximum atomic E-state index is 12.2. The number of aryl methyl sites for hydroxylation is 1. The average molecular weight is 303 g/mol. The van der Waals surface area contributed by atoms with Gasteiger partial charge in [0, 0.05) is 17.9 Å². The van der Waals surface area contributed by atoms with Crippen molar-refractivity contribution in [1.82, 2.24) is 0 Å². The normalized spacial score (nSPS) is 10.2. The van der Waals surface area contributed by atoms with E-state index in [1.807, 2.05) is 36.6 Å². The Morgan fingerprint density at radius 1 is 1.24 bits per heavy atom. The highest BCUT2D eigenvalue weighted by atomic mass is 32.1. The van der Waals surface area contributed by atoms with E-state index in [1.54, 1.807) is 6.92 Å². The largest absolute Gasteiger partial charge is 0.462 e. The number of thiophene rings is 1. The molecule has 0 aliphatic carbocycles. The first-order chi connectivity index (χ1) is 10.0. The maximum absolute atomic E-state index is 12.2. The molecule has 0 bridgehead atoms. The molecule has 0 spiro atoms. The predicted octanol–water partition coefficient (Wildman–Crippen LogP) is 3.86. The first-order valence-corrected chi connectivity index (χ1v) is 7.54. The van der Waals surface area contributed by atoms with E-state index in [0.717, 1.165) is 16.7 Å². The number of hydrogen-bond acceptors (Lipinski definition) is 4. The minimum atomic E-state index is -0.418. The topological polar surface area (TPSA) is 55.4 Å². The number of rotatable bonds is 4. The Hall–Kier alpha value is -2.14. The van der Waals surface area contributed by atoms with Gasteiger partial charge in [0.2, 0.25) is 5.91 Å². The SMILES string of the molecule is CCOC(=O)c1c(-c2ccc(C)cc2)csc1NC(C)=O. The van der Waals surface area contributed by atoms with Gasteiger partial charge in [0.1, 0.15) is 10.6 Å². The van der Waals surface area contributed by atoms with Crippen molar-refractivity contribution in [2.45, 2.75) is 20.8 Å². The molecule has 0 radical (unpaired) electrons. The molecule has 4 nitrogen and oxygen atoms in total. The van der Waals surface area contributed by atoms with Crippen LogP contribution in [-0.4, -0.2) is 18.5 Å². The third-order valence-electron chi connectivity index (χ3n) is 2.92. The van der Waals surface area contributed by atoms with Crippen LogP contribution in [0, 0.1) is 6.92 Å². The number of carbonyl (C=O) groups is 2. The Morgan fingerprint density at radius 2 is 1.90 bits per heavy atom. The molecule has 0 aliphatic rings. The van der Waals surface area contributed by atoms with Gasteiger partial charge in [0.05, 0.1) is 6.61 Å². The molecule has 0 saturated heterocycles. The van der Waals surface area contributed by atoms with Gasteiger partial charge in [-0.05, 0) is 19.4 Å². The van der Waals surface area contributed by atoms with Crippen molar-refractivity contribution in [3.63, 3.8) is 0 Å². The lowest BCUT2D eigenvalue weighted by molar-refractivity contribution is -0.114. The summed E-state index contributed by atoms with van der Waals surface area (Å²) in [6.07, 6.45) is 0. The van der Waals surface area contributed by atoms with E-state index in [0.29, 0.717) is 17.2 Å². The van der Waals surface area contributed by atoms with Crippen LogP contribution >= 0.6 is 11.3 Å². The Balaban J connectivity index is 2.49. The Labute approximate surface area is 127 Å². The van der Waals surface area contributed by atoms with E-state index in [1.165, 1.54) is 18.3 Å². The van der Waals surface area contributed by atoms with E-state index < -0.39 is 5.97 Å². The van der Waals surface area contributed by atoms with Gasteiger partial charge in [-0.3, -0.25) is 4.79 Å². The number of nitrogens with one attached hydrogen (secondary N) is 1. The number of ether oxygens (including phenoxy) is 1. The molecule has 110 valence electrons. The number of anilines is 1. The Morgan fingerprint density at radius 3 is 2.48 bits per heavy atom. The number of benzene rings is 1. The minimum Gasteiger partial charge on any atom is -0.462 e. The lowest BCUT2D eigenvalue weighted by atomic mass is 10.0. The second-order valence-corrected chi connectivity index (χ2v) is 5.50. The van der Waals surface area contributed by atoms with Crippen LogP contribution in [0.4, 0.5) is 5.00 Å². The van der Waals surface area contributed by atoms with Gasteiger partial charge >= 0.3 is 5.97 Å². The first kappa shape index (κ1) is 15.3. The van der Waals surface area contributed by atoms with Crippen molar-refractivity contribution in [2.24, 2.45) is 0 Å². The minimum absolute atomic E-state index is 0.210. The summed E-state index contributed by atoms with van der Waals surface area (Å²) in [5.74, 6) is -0.629. The average Bonchev–Trinajstić information content (AvgIpc) is 2.82. The van der Waals surface area contributed by atoms with Gasteiger partial charge in [0.15, 0.2) is 0 Å². The summed E-state index contributed by atoms with van der Waals surface area (Å²) in [5, 5.41) is 5.08. The Bertz CT molecular complexity index is 659. The maximum Gasteiger partial charge on any atom is 0.341 e. The highest BCUT2D eigenvalue weighted by molar-refractivity contribution is 7.15. The van der Waals surface area contributed by atoms with Crippen LogP contribution in [0.15, 0.2) is 29.6 Å². The predicted molar refractivity (Wildman–Crippen MR) is 84.8 cm³/mol. The molecule has 1 N–H and O–H groups in total. The van der Waals surface area contributed by atoms with Gasteiger partial charge in [-0.15, -0.1) is 11.3 Å². The van der Waals surface area contributed by atoms with Crippen molar-refractivity contribution >= 4 is 28.2 Å². The van der Waals surface area contributed by atoms with E-state index in [4.69, 9.17) is 4.74 Å². The Kier molecular flexibility index (Phi) is 4.75. The third kappa shape index (κ3) is 3.49. The molecule has 0 fully saturated rings. The molecule has 0 aliphatic heterocycles. The third-order valence-corrected chi connectivity index (χ3v) is 3.82. The van der Waals surface area contributed by atoms with Crippen molar-refractivity contribution in [3.05, 3.63) is 40.8 Å². The molecule has 5 heteroatoms. The summed E-state index contributed by atoms with van der Waals surface area (Å²) in [5.41, 5.74) is 3.27. The highest BCUT2D eigenvalue weighted by Crippen LogP contribution is 2.36. The molecule has 1 aromatic heterocycles. The lowest BCUT2D eigenvalue weighted by Gasteiger charge is -2.08. The summed E-state index contributed by atoms with van der Waals surface area (Å²) in [6.45, 7) is 5.47. The zero-order chi connectivity index (χ0) is 15.4. The van der Waals surface area contributed by atoms with Crippen LogP contribution in [0.2, 0.25) is 0 Å². The smallest absolute Gasteiger partial charge is 0.341 e. The van der Waals surface area contributed by atoms with E-state index in [2.05, 4.69) is 5.32 Å². The molecular formula is C16H17NO3S. The van der Waals surface area contributed by atoms with Gasteiger partial charge in [0.25, 0.3) is 0 Å². The van der Waals surface area contributed by atoms with Crippen LogP contribution in [0.3, 0.4) is 0 Å². The van der Waals surface area contributed by atoms with E-state index in [9.17, 15) is 9.59 Å². The second-order valence-electron chi connectivity index (χ2n) is 4.62. The number of esters is 1. The highest BCUT2D eigenvalue weighted by Gasteiger charge is 2.21. The number of hydrogen-bond donors (Lipinski definition) is 1. The molecule has 2 rings (SSSR count). The lowest BCUT2D eigenvalue weighted by Crippen LogP contribution is -2.11. The summed E-state index contributed by atoms with van der Waals surface area (Å²) in [7, 11) is 0. The van der Waals surface area contributed by atoms with Crippen LogP contribution in [0.1, 0.15) is 29.8 Å². The fourth-order valence-electron chi connectivity index (χ4n) is 1.96. The van der Waals surface area contributed by atoms with Gasteiger partial charge in [-0.1, -0.05) is 29.8 Å². The molecule has 2 aromatic rings. The number of amides is 1. The van der Waals surface area contributed by atoms with Crippen molar-refractivity contribution < 1.29 is 14.3 Å². The van der Waals surface area contributed by atoms with Gasteiger partial charge in [-0.2, -0.15) is 0 Å². The van der Waals surface area contributed by atoms with Gasteiger partial charge < -0.3 is 10.1 Å². The summed E-state index contributed by atoms with van der Waals surface area (Å²) in [4.78, 5) is 23.5. The summed E-state index contributed by atoms with van der Waals surface area (Å²) in [6, 6.07) is 7.88. The second kappa shape index (κ2) is 6.54. The molecule has 0 saturated carbocycles. The molecule has 1 aromatic carbocycles. The molecular weight excluding hydrogens is 286 g/mol. The number of carbonyl (C=O) groups excluding carboxylic acids is 2. The zero-order valence-electron chi connectivity index (χ0n) is 12.2.